The van der Waals surface area contributed by atoms with Crippen LogP contribution in [0.2, 0.25) is 0 Å². The Morgan fingerprint density at radius 3 is 2.65 bits per heavy atom. The zero-order valence-corrected chi connectivity index (χ0v) is 12.2. The van der Waals surface area contributed by atoms with Gasteiger partial charge in [0.2, 0.25) is 10.0 Å². The average molecular weight is 300 g/mol. The smallest absolute Gasteiger partial charge is 0.215 e. The summed E-state index contributed by atoms with van der Waals surface area (Å²) in [4.78, 5) is 0. The number of aliphatic hydroxyl groups excluding tert-OH is 1. The number of aliphatic hydroxyl groups is 1. The lowest BCUT2D eigenvalue weighted by atomic mass is 9.96. The van der Waals surface area contributed by atoms with Crippen LogP contribution >= 0.6 is 0 Å². The predicted molar refractivity (Wildman–Crippen MR) is 72.6 cm³/mol. The Bertz CT molecular complexity index is 621. The molecule has 0 unspecified atom stereocenters. The van der Waals surface area contributed by atoms with E-state index in [0.717, 1.165) is 6.07 Å². The summed E-state index contributed by atoms with van der Waals surface area (Å²) in [5.74, 6) is -1.22. The van der Waals surface area contributed by atoms with E-state index in [2.05, 4.69) is 4.72 Å². The van der Waals surface area contributed by atoms with Crippen molar-refractivity contribution in [3.63, 3.8) is 0 Å². The molecule has 0 amide bonds. The third kappa shape index (κ3) is 4.89. The normalized spacial score (nSPS) is 12.2. The number of sulfonamides is 1. The zero-order chi connectivity index (χ0) is 15.4. The minimum Gasteiger partial charge on any atom is -0.396 e. The van der Waals surface area contributed by atoms with Crippen LogP contribution in [-0.4, -0.2) is 26.7 Å². The lowest BCUT2D eigenvalue weighted by Gasteiger charge is -2.21. The molecule has 110 valence electrons. The molecule has 0 saturated heterocycles. The van der Waals surface area contributed by atoms with Crippen LogP contribution in [0.1, 0.15) is 25.0 Å². The van der Waals surface area contributed by atoms with E-state index in [4.69, 9.17) is 10.4 Å². The van der Waals surface area contributed by atoms with E-state index in [1.165, 1.54) is 12.1 Å². The molecule has 0 saturated carbocycles. The van der Waals surface area contributed by atoms with Crippen molar-refractivity contribution in [2.75, 3.05) is 13.2 Å². The van der Waals surface area contributed by atoms with Crippen LogP contribution in [0.15, 0.2) is 18.2 Å². The van der Waals surface area contributed by atoms with E-state index in [-0.39, 0.29) is 24.3 Å². The fourth-order valence-corrected chi connectivity index (χ4v) is 2.72. The summed E-state index contributed by atoms with van der Waals surface area (Å²) in [5.41, 5.74) is -0.453. The molecule has 0 radical (unpaired) electrons. The summed E-state index contributed by atoms with van der Waals surface area (Å²) < 4.78 is 39.6. The lowest BCUT2D eigenvalue weighted by Crippen LogP contribution is -2.36. The molecule has 1 aromatic rings. The average Bonchev–Trinajstić information content (AvgIpc) is 2.39. The molecule has 5 nitrogen and oxygen atoms in total. The Hall–Kier alpha value is -1.49. The second kappa shape index (κ2) is 6.31. The number of benzene rings is 1. The molecule has 1 aromatic carbocycles. The van der Waals surface area contributed by atoms with Crippen molar-refractivity contribution in [2.45, 2.75) is 19.6 Å². The van der Waals surface area contributed by atoms with Crippen LogP contribution in [0, 0.1) is 22.6 Å². The lowest BCUT2D eigenvalue weighted by molar-refractivity contribution is 0.163. The Morgan fingerprint density at radius 1 is 1.45 bits per heavy atom. The van der Waals surface area contributed by atoms with Crippen molar-refractivity contribution < 1.29 is 17.9 Å². The topological polar surface area (TPSA) is 90.2 Å². The van der Waals surface area contributed by atoms with Crippen LogP contribution in [0.25, 0.3) is 0 Å². The first-order valence-electron chi connectivity index (χ1n) is 5.96. The molecular weight excluding hydrogens is 283 g/mol. The molecule has 0 aliphatic rings. The van der Waals surface area contributed by atoms with Gasteiger partial charge in [0, 0.05) is 24.1 Å². The van der Waals surface area contributed by atoms with Crippen molar-refractivity contribution in [1.82, 2.24) is 4.72 Å². The Balaban J connectivity index is 2.84. The molecule has 0 heterocycles. The van der Waals surface area contributed by atoms with Gasteiger partial charge in [-0.05, 0) is 18.2 Å². The van der Waals surface area contributed by atoms with Gasteiger partial charge in [-0.25, -0.2) is 17.5 Å². The van der Waals surface area contributed by atoms with E-state index in [1.807, 2.05) is 6.07 Å². The zero-order valence-electron chi connectivity index (χ0n) is 11.4. The van der Waals surface area contributed by atoms with Gasteiger partial charge in [0.1, 0.15) is 5.82 Å². The largest absolute Gasteiger partial charge is 0.396 e. The second-order valence-corrected chi connectivity index (χ2v) is 7.13. The molecule has 0 aliphatic heterocycles. The van der Waals surface area contributed by atoms with Crippen LogP contribution < -0.4 is 4.72 Å². The molecular formula is C13H17FN2O3S. The van der Waals surface area contributed by atoms with Crippen LogP contribution in [-0.2, 0) is 15.8 Å². The first kappa shape index (κ1) is 16.6. The Morgan fingerprint density at radius 2 is 2.10 bits per heavy atom. The number of rotatable bonds is 6. The van der Waals surface area contributed by atoms with Gasteiger partial charge in [0.05, 0.1) is 17.4 Å². The number of nitrogens with one attached hydrogen (secondary N) is 1. The molecule has 0 atom stereocenters. The summed E-state index contributed by atoms with van der Waals surface area (Å²) in [7, 11) is -3.74. The van der Waals surface area contributed by atoms with Crippen LogP contribution in [0.4, 0.5) is 4.39 Å². The number of hydrogen-bond donors (Lipinski definition) is 2. The van der Waals surface area contributed by atoms with E-state index in [0.29, 0.717) is 0 Å². The number of halogens is 1. The number of nitrogens with zero attached hydrogens (tertiary/aromatic N) is 1. The van der Waals surface area contributed by atoms with Crippen LogP contribution in [0.3, 0.4) is 0 Å². The molecule has 7 heteroatoms. The quantitative estimate of drug-likeness (QED) is 0.824. The molecule has 0 fully saturated rings. The fraction of sp³-hybridized carbons (Fsp3) is 0.462. The van der Waals surface area contributed by atoms with Gasteiger partial charge in [-0.15, -0.1) is 0 Å². The summed E-state index contributed by atoms with van der Waals surface area (Å²) in [6.45, 7) is 3.28. The highest BCUT2D eigenvalue weighted by Crippen LogP contribution is 2.15. The van der Waals surface area contributed by atoms with Crippen LogP contribution in [0.5, 0.6) is 0 Å². The first-order valence-corrected chi connectivity index (χ1v) is 7.61. The summed E-state index contributed by atoms with van der Waals surface area (Å²) >= 11 is 0. The van der Waals surface area contributed by atoms with Gasteiger partial charge in [0.25, 0.3) is 0 Å². The van der Waals surface area contributed by atoms with Gasteiger partial charge < -0.3 is 5.11 Å². The summed E-state index contributed by atoms with van der Waals surface area (Å²) in [6, 6.07) is 5.40. The second-order valence-electron chi connectivity index (χ2n) is 5.32. The Kier molecular flexibility index (Phi) is 5.22. The van der Waals surface area contributed by atoms with E-state index in [9.17, 15) is 12.8 Å². The van der Waals surface area contributed by atoms with Crippen molar-refractivity contribution >= 4 is 10.0 Å². The van der Waals surface area contributed by atoms with E-state index in [1.54, 1.807) is 13.8 Å². The predicted octanol–water partition coefficient (Wildman–Crippen LogP) is 1.14. The Labute approximate surface area is 118 Å². The fourth-order valence-electron chi connectivity index (χ4n) is 1.37. The first-order chi connectivity index (χ1) is 9.19. The highest BCUT2D eigenvalue weighted by atomic mass is 32.2. The van der Waals surface area contributed by atoms with Gasteiger partial charge in [-0.1, -0.05) is 13.8 Å². The minimum atomic E-state index is -3.74. The molecule has 0 spiro atoms. The van der Waals surface area contributed by atoms with Crippen molar-refractivity contribution in [1.29, 1.82) is 5.26 Å². The third-order valence-electron chi connectivity index (χ3n) is 2.72. The maximum absolute atomic E-state index is 13.5. The molecule has 2 N–H and O–H groups in total. The number of nitriles is 1. The SMILES string of the molecule is CC(C)(CO)CNS(=O)(=O)Cc1cc(C#N)ccc1F. The maximum atomic E-state index is 13.5. The molecule has 0 bridgehead atoms. The molecule has 1 rings (SSSR count). The molecule has 20 heavy (non-hydrogen) atoms. The summed E-state index contributed by atoms with van der Waals surface area (Å²) in [6.07, 6.45) is 0. The van der Waals surface area contributed by atoms with Crippen molar-refractivity contribution in [3.05, 3.63) is 35.1 Å². The number of hydrogen-bond acceptors (Lipinski definition) is 4. The van der Waals surface area contributed by atoms with Gasteiger partial charge in [-0.2, -0.15) is 5.26 Å². The van der Waals surface area contributed by atoms with Crippen molar-refractivity contribution in [3.8, 4) is 6.07 Å². The maximum Gasteiger partial charge on any atom is 0.215 e. The highest BCUT2D eigenvalue weighted by molar-refractivity contribution is 7.88. The monoisotopic (exact) mass is 300 g/mol. The van der Waals surface area contributed by atoms with Gasteiger partial charge in [0.15, 0.2) is 0 Å². The highest BCUT2D eigenvalue weighted by Gasteiger charge is 2.21. The van der Waals surface area contributed by atoms with Crippen molar-refractivity contribution in [2.24, 2.45) is 5.41 Å². The standard InChI is InChI=1S/C13H17FN2O3S/c1-13(2,9-17)8-16-20(18,19)7-11-5-10(6-15)3-4-12(11)14/h3-5,16-17H,7-9H2,1-2H3. The minimum absolute atomic E-state index is 0.0470. The third-order valence-corrected chi connectivity index (χ3v) is 3.99. The van der Waals surface area contributed by atoms with E-state index < -0.39 is 27.0 Å². The van der Waals surface area contributed by atoms with E-state index >= 15 is 0 Å². The van der Waals surface area contributed by atoms with Gasteiger partial charge in [-0.3, -0.25) is 0 Å². The molecule has 0 aromatic heterocycles. The molecule has 0 aliphatic carbocycles. The van der Waals surface area contributed by atoms with Gasteiger partial charge >= 0.3 is 0 Å². The summed E-state index contributed by atoms with van der Waals surface area (Å²) in [5, 5.41) is 17.8.